The second-order valence-corrected chi connectivity index (χ2v) is 6.78. The second kappa shape index (κ2) is 10.7. The van der Waals surface area contributed by atoms with Crippen molar-refractivity contribution in [3.05, 3.63) is 45.8 Å². The topological polar surface area (TPSA) is 67.8 Å². The minimum absolute atomic E-state index is 0.498. The third kappa shape index (κ3) is 7.11. The number of ether oxygens (including phenoxy) is 2. The average Bonchev–Trinajstić information content (AvgIpc) is 3.04. The predicted molar refractivity (Wildman–Crippen MR) is 102 cm³/mol. The fourth-order valence-corrected chi connectivity index (χ4v) is 2.91. The average molecular weight is 362 g/mol. The molecular formula is C18H26N4O2S. The van der Waals surface area contributed by atoms with Gasteiger partial charge in [-0.1, -0.05) is 6.07 Å². The highest BCUT2D eigenvalue weighted by Crippen LogP contribution is 2.14. The molecule has 7 heteroatoms. The highest BCUT2D eigenvalue weighted by Gasteiger charge is 2.01. The molecule has 0 aliphatic rings. The minimum Gasteiger partial charge on any atom is -0.475 e. The number of hydrogen-bond donors (Lipinski definition) is 2. The third-order valence-electron chi connectivity index (χ3n) is 3.33. The summed E-state index contributed by atoms with van der Waals surface area (Å²) in [4.78, 5) is 11.5. The molecule has 0 aromatic carbocycles. The summed E-state index contributed by atoms with van der Waals surface area (Å²) in [5, 5.41) is 6.62. The van der Waals surface area contributed by atoms with Gasteiger partial charge in [0.2, 0.25) is 5.88 Å². The molecule has 136 valence electrons. The molecule has 2 N–H and O–H groups in total. The van der Waals surface area contributed by atoms with Crippen LogP contribution in [0.2, 0.25) is 0 Å². The normalized spacial score (nSPS) is 11.4. The summed E-state index contributed by atoms with van der Waals surface area (Å²) in [6.07, 6.45) is 1.79. The number of rotatable bonds is 9. The van der Waals surface area contributed by atoms with Crippen LogP contribution in [0.15, 0.2) is 35.5 Å². The van der Waals surface area contributed by atoms with E-state index < -0.39 is 0 Å². The maximum atomic E-state index is 5.46. The molecule has 0 amide bonds. The smallest absolute Gasteiger partial charge is 0.213 e. The summed E-state index contributed by atoms with van der Waals surface area (Å²) >= 11 is 1.79. The van der Waals surface area contributed by atoms with E-state index >= 15 is 0 Å². The van der Waals surface area contributed by atoms with Crippen LogP contribution in [-0.2, 0) is 17.8 Å². The fourth-order valence-electron chi connectivity index (χ4n) is 2.08. The summed E-state index contributed by atoms with van der Waals surface area (Å²) < 4.78 is 10.4. The number of aryl methyl sites for hydroxylation is 1. The molecule has 0 aliphatic heterocycles. The standard InChI is InChI=1S/C18H26N4O2S/c1-4-19-18(22-13-16-7-5-14(2)25-16)21-12-15-6-8-17(20-11-15)24-10-9-23-3/h5-8,11H,4,9-10,12-13H2,1-3H3,(H2,19,21,22). The van der Waals surface area contributed by atoms with Crippen LogP contribution in [0.3, 0.4) is 0 Å². The van der Waals surface area contributed by atoms with E-state index in [-0.39, 0.29) is 0 Å². The molecule has 0 fully saturated rings. The first kappa shape index (κ1) is 19.2. The van der Waals surface area contributed by atoms with Crippen molar-refractivity contribution in [3.63, 3.8) is 0 Å². The molecule has 2 heterocycles. The lowest BCUT2D eigenvalue weighted by Crippen LogP contribution is -2.36. The molecule has 0 aliphatic carbocycles. The van der Waals surface area contributed by atoms with Crippen LogP contribution in [0.5, 0.6) is 5.88 Å². The zero-order valence-electron chi connectivity index (χ0n) is 15.0. The van der Waals surface area contributed by atoms with Crippen molar-refractivity contribution in [2.75, 3.05) is 26.9 Å². The van der Waals surface area contributed by atoms with E-state index in [0.29, 0.717) is 25.6 Å². The van der Waals surface area contributed by atoms with Gasteiger partial charge in [0.15, 0.2) is 5.96 Å². The Hall–Kier alpha value is -2.12. The van der Waals surface area contributed by atoms with Crippen LogP contribution >= 0.6 is 11.3 Å². The third-order valence-corrected chi connectivity index (χ3v) is 4.33. The van der Waals surface area contributed by atoms with Gasteiger partial charge in [0.25, 0.3) is 0 Å². The Morgan fingerprint density at radius 3 is 2.72 bits per heavy atom. The predicted octanol–water partition coefficient (Wildman–Crippen LogP) is 2.73. The molecule has 0 unspecified atom stereocenters. The first-order valence-electron chi connectivity index (χ1n) is 8.35. The van der Waals surface area contributed by atoms with Crippen LogP contribution < -0.4 is 15.4 Å². The summed E-state index contributed by atoms with van der Waals surface area (Å²) in [5.41, 5.74) is 1.03. The molecule has 0 saturated carbocycles. The summed E-state index contributed by atoms with van der Waals surface area (Å²) in [6.45, 7) is 7.37. The van der Waals surface area contributed by atoms with E-state index in [1.165, 1.54) is 9.75 Å². The Morgan fingerprint density at radius 2 is 2.08 bits per heavy atom. The van der Waals surface area contributed by atoms with Gasteiger partial charge >= 0.3 is 0 Å². The number of methoxy groups -OCH3 is 1. The Bertz CT molecular complexity index is 655. The number of nitrogens with zero attached hydrogens (tertiary/aromatic N) is 2. The van der Waals surface area contributed by atoms with Crippen LogP contribution in [0.4, 0.5) is 0 Å². The number of guanidine groups is 1. The number of aliphatic imine (C=N–C) groups is 1. The van der Waals surface area contributed by atoms with Crippen LogP contribution in [0.1, 0.15) is 22.2 Å². The maximum absolute atomic E-state index is 5.46. The van der Waals surface area contributed by atoms with Gasteiger partial charge in [0, 0.05) is 35.7 Å². The van der Waals surface area contributed by atoms with Gasteiger partial charge in [-0.25, -0.2) is 9.98 Å². The first-order chi connectivity index (χ1) is 12.2. The molecule has 2 aromatic rings. The molecule has 0 spiro atoms. The van der Waals surface area contributed by atoms with Gasteiger partial charge in [0.05, 0.1) is 19.7 Å². The quantitative estimate of drug-likeness (QED) is 0.408. The fraction of sp³-hybridized carbons (Fsp3) is 0.444. The largest absolute Gasteiger partial charge is 0.475 e. The maximum Gasteiger partial charge on any atom is 0.213 e. The lowest BCUT2D eigenvalue weighted by Gasteiger charge is -2.10. The Balaban J connectivity index is 1.86. The molecule has 2 aromatic heterocycles. The van der Waals surface area contributed by atoms with E-state index in [1.807, 2.05) is 12.1 Å². The van der Waals surface area contributed by atoms with Crippen molar-refractivity contribution in [2.24, 2.45) is 4.99 Å². The molecular weight excluding hydrogens is 336 g/mol. The SMILES string of the molecule is CCNC(=NCc1ccc(OCCOC)nc1)NCc1ccc(C)s1. The van der Waals surface area contributed by atoms with Gasteiger partial charge in [-0.2, -0.15) is 0 Å². The number of pyridine rings is 1. The van der Waals surface area contributed by atoms with Crippen molar-refractivity contribution < 1.29 is 9.47 Å². The van der Waals surface area contributed by atoms with Crippen molar-refractivity contribution in [3.8, 4) is 5.88 Å². The van der Waals surface area contributed by atoms with Crippen molar-refractivity contribution >= 4 is 17.3 Å². The van der Waals surface area contributed by atoms with Crippen molar-refractivity contribution in [1.29, 1.82) is 0 Å². The van der Waals surface area contributed by atoms with Gasteiger partial charge in [-0.15, -0.1) is 11.3 Å². The molecule has 0 radical (unpaired) electrons. The lowest BCUT2D eigenvalue weighted by molar-refractivity contribution is 0.143. The van der Waals surface area contributed by atoms with E-state index in [9.17, 15) is 0 Å². The van der Waals surface area contributed by atoms with E-state index in [0.717, 1.165) is 24.6 Å². The molecule has 25 heavy (non-hydrogen) atoms. The van der Waals surface area contributed by atoms with Gasteiger partial charge < -0.3 is 20.1 Å². The second-order valence-electron chi connectivity index (χ2n) is 5.41. The Labute approximate surface area is 153 Å². The number of hydrogen-bond acceptors (Lipinski definition) is 5. The van der Waals surface area contributed by atoms with E-state index in [1.54, 1.807) is 24.6 Å². The van der Waals surface area contributed by atoms with Crippen molar-refractivity contribution in [1.82, 2.24) is 15.6 Å². The van der Waals surface area contributed by atoms with Crippen molar-refractivity contribution in [2.45, 2.75) is 26.9 Å². The first-order valence-corrected chi connectivity index (χ1v) is 9.17. The Kier molecular flexibility index (Phi) is 8.21. The van der Waals surface area contributed by atoms with Gasteiger partial charge in [-0.05, 0) is 31.5 Å². The monoisotopic (exact) mass is 362 g/mol. The van der Waals surface area contributed by atoms with Crippen LogP contribution in [-0.4, -0.2) is 37.8 Å². The zero-order chi connectivity index (χ0) is 17.9. The minimum atomic E-state index is 0.498. The Morgan fingerprint density at radius 1 is 1.20 bits per heavy atom. The molecule has 0 saturated heterocycles. The van der Waals surface area contributed by atoms with Crippen LogP contribution in [0.25, 0.3) is 0 Å². The highest BCUT2D eigenvalue weighted by molar-refractivity contribution is 7.11. The highest BCUT2D eigenvalue weighted by atomic mass is 32.1. The zero-order valence-corrected chi connectivity index (χ0v) is 15.9. The lowest BCUT2D eigenvalue weighted by atomic mass is 10.3. The van der Waals surface area contributed by atoms with E-state index in [4.69, 9.17) is 9.47 Å². The molecule has 2 rings (SSSR count). The molecule has 6 nitrogen and oxygen atoms in total. The summed E-state index contributed by atoms with van der Waals surface area (Å²) in [7, 11) is 1.65. The summed E-state index contributed by atoms with van der Waals surface area (Å²) in [5.74, 6) is 1.40. The summed E-state index contributed by atoms with van der Waals surface area (Å²) in [6, 6.07) is 8.11. The van der Waals surface area contributed by atoms with Gasteiger partial charge in [-0.3, -0.25) is 0 Å². The number of aromatic nitrogens is 1. The molecule has 0 bridgehead atoms. The molecule has 0 atom stereocenters. The van der Waals surface area contributed by atoms with Gasteiger partial charge in [0.1, 0.15) is 6.61 Å². The number of thiophene rings is 1. The van der Waals surface area contributed by atoms with E-state index in [2.05, 4.69) is 46.6 Å². The van der Waals surface area contributed by atoms with Crippen LogP contribution in [0, 0.1) is 6.92 Å². The number of nitrogens with one attached hydrogen (secondary N) is 2.